The van der Waals surface area contributed by atoms with Crippen LogP contribution < -0.4 is 0 Å². The monoisotopic (exact) mass is 234 g/mol. The Morgan fingerprint density at radius 1 is 1.31 bits per heavy atom. The molecule has 1 amide bonds. The molecule has 0 saturated carbocycles. The van der Waals surface area contributed by atoms with Gasteiger partial charge in [-0.3, -0.25) is 9.69 Å². The van der Waals surface area contributed by atoms with Crippen LogP contribution in [0.4, 0.5) is 0 Å². The van der Waals surface area contributed by atoms with Gasteiger partial charge in [-0.2, -0.15) is 0 Å². The lowest BCUT2D eigenvalue weighted by molar-refractivity contribution is -0.128. The van der Waals surface area contributed by atoms with Gasteiger partial charge < -0.3 is 4.90 Å². The van der Waals surface area contributed by atoms with Crippen molar-refractivity contribution < 1.29 is 4.79 Å². The summed E-state index contributed by atoms with van der Waals surface area (Å²) in [6, 6.07) is 10.2. The SMILES string of the molecule is CN1C(=O)CCN(Cc2ccccc2)C1=S. The van der Waals surface area contributed by atoms with Gasteiger partial charge in [-0.15, -0.1) is 0 Å². The minimum Gasteiger partial charge on any atom is -0.344 e. The van der Waals surface area contributed by atoms with Crippen molar-refractivity contribution in [2.24, 2.45) is 0 Å². The predicted molar refractivity (Wildman–Crippen MR) is 66.8 cm³/mol. The van der Waals surface area contributed by atoms with E-state index < -0.39 is 0 Å². The van der Waals surface area contributed by atoms with Crippen LogP contribution in [0.3, 0.4) is 0 Å². The van der Waals surface area contributed by atoms with Crippen molar-refractivity contribution in [2.45, 2.75) is 13.0 Å². The van der Waals surface area contributed by atoms with Gasteiger partial charge in [-0.05, 0) is 17.8 Å². The normalized spacial score (nSPS) is 16.8. The molecule has 0 spiro atoms. The van der Waals surface area contributed by atoms with E-state index in [1.165, 1.54) is 5.56 Å². The van der Waals surface area contributed by atoms with E-state index in [-0.39, 0.29) is 5.91 Å². The largest absolute Gasteiger partial charge is 0.344 e. The molecule has 1 aliphatic heterocycles. The van der Waals surface area contributed by atoms with Crippen LogP contribution in [0.15, 0.2) is 30.3 Å². The maximum atomic E-state index is 11.4. The number of nitrogens with zero attached hydrogens (tertiary/aromatic N) is 2. The van der Waals surface area contributed by atoms with Gasteiger partial charge in [0.1, 0.15) is 0 Å². The topological polar surface area (TPSA) is 23.6 Å². The number of rotatable bonds is 2. The summed E-state index contributed by atoms with van der Waals surface area (Å²) in [6.45, 7) is 1.49. The Hall–Kier alpha value is -1.42. The number of hydrogen-bond donors (Lipinski definition) is 0. The van der Waals surface area contributed by atoms with E-state index in [1.54, 1.807) is 11.9 Å². The molecule has 2 rings (SSSR count). The summed E-state index contributed by atoms with van der Waals surface area (Å²) in [4.78, 5) is 15.0. The fourth-order valence-corrected chi connectivity index (χ4v) is 2.02. The summed E-state index contributed by atoms with van der Waals surface area (Å²) in [7, 11) is 1.74. The molecule has 1 fully saturated rings. The van der Waals surface area contributed by atoms with Crippen LogP contribution in [0.5, 0.6) is 0 Å². The third-order valence-corrected chi connectivity index (χ3v) is 3.28. The van der Waals surface area contributed by atoms with Gasteiger partial charge in [-0.1, -0.05) is 30.3 Å². The van der Waals surface area contributed by atoms with Gasteiger partial charge in [0.15, 0.2) is 5.11 Å². The third kappa shape index (κ3) is 2.22. The van der Waals surface area contributed by atoms with Crippen molar-refractivity contribution in [3.8, 4) is 0 Å². The van der Waals surface area contributed by atoms with Crippen molar-refractivity contribution >= 4 is 23.2 Å². The minimum atomic E-state index is 0.106. The highest BCUT2D eigenvalue weighted by Gasteiger charge is 2.25. The molecule has 0 aliphatic carbocycles. The van der Waals surface area contributed by atoms with Crippen molar-refractivity contribution in [1.82, 2.24) is 9.80 Å². The van der Waals surface area contributed by atoms with Gasteiger partial charge in [0.2, 0.25) is 5.91 Å². The maximum absolute atomic E-state index is 11.4. The molecule has 1 aliphatic rings. The highest BCUT2D eigenvalue weighted by molar-refractivity contribution is 7.80. The summed E-state index contributed by atoms with van der Waals surface area (Å²) in [5, 5.41) is 0.625. The standard InChI is InChI=1S/C12H14N2OS/c1-13-11(15)7-8-14(12(13)16)9-10-5-3-2-4-6-10/h2-6H,7-9H2,1H3. The number of amides is 1. The summed E-state index contributed by atoms with van der Waals surface area (Å²) >= 11 is 5.26. The zero-order valence-corrected chi connectivity index (χ0v) is 10.0. The first-order valence-electron chi connectivity index (χ1n) is 5.28. The average Bonchev–Trinajstić information content (AvgIpc) is 2.31. The number of thiocarbonyl (C=S) groups is 1. The van der Waals surface area contributed by atoms with E-state index in [4.69, 9.17) is 12.2 Å². The molecule has 0 unspecified atom stereocenters. The van der Waals surface area contributed by atoms with E-state index in [0.29, 0.717) is 11.5 Å². The first kappa shape index (κ1) is 11.1. The molecular formula is C12H14N2OS. The average molecular weight is 234 g/mol. The van der Waals surface area contributed by atoms with E-state index in [0.717, 1.165) is 13.1 Å². The van der Waals surface area contributed by atoms with Crippen LogP contribution >= 0.6 is 12.2 Å². The zero-order chi connectivity index (χ0) is 11.5. The Morgan fingerprint density at radius 3 is 2.69 bits per heavy atom. The second-order valence-electron chi connectivity index (χ2n) is 3.89. The Balaban J connectivity index is 2.06. The molecule has 84 valence electrons. The lowest BCUT2D eigenvalue weighted by atomic mass is 10.2. The zero-order valence-electron chi connectivity index (χ0n) is 9.22. The summed E-state index contributed by atoms with van der Waals surface area (Å²) in [6.07, 6.45) is 0.545. The molecule has 0 radical (unpaired) electrons. The third-order valence-electron chi connectivity index (χ3n) is 2.74. The van der Waals surface area contributed by atoms with Crippen molar-refractivity contribution in [1.29, 1.82) is 0 Å². The summed E-state index contributed by atoms with van der Waals surface area (Å²) in [5.74, 6) is 0.106. The first-order valence-corrected chi connectivity index (χ1v) is 5.68. The highest BCUT2D eigenvalue weighted by Crippen LogP contribution is 2.13. The number of hydrogen-bond acceptors (Lipinski definition) is 2. The molecule has 3 nitrogen and oxygen atoms in total. The second-order valence-corrected chi connectivity index (χ2v) is 4.26. The Kier molecular flexibility index (Phi) is 3.19. The molecule has 1 saturated heterocycles. The number of benzene rings is 1. The van der Waals surface area contributed by atoms with Crippen LogP contribution in [-0.2, 0) is 11.3 Å². The molecule has 1 aromatic carbocycles. The van der Waals surface area contributed by atoms with Crippen LogP contribution in [0.2, 0.25) is 0 Å². The van der Waals surface area contributed by atoms with Crippen LogP contribution in [0.25, 0.3) is 0 Å². The van der Waals surface area contributed by atoms with Crippen LogP contribution in [0, 0.1) is 0 Å². The van der Waals surface area contributed by atoms with Gasteiger partial charge in [-0.25, -0.2) is 0 Å². The minimum absolute atomic E-state index is 0.106. The molecule has 4 heteroatoms. The molecule has 0 aromatic heterocycles. The van der Waals surface area contributed by atoms with Crippen LogP contribution in [-0.4, -0.2) is 34.4 Å². The molecule has 0 atom stereocenters. The fourth-order valence-electron chi connectivity index (χ4n) is 1.76. The van der Waals surface area contributed by atoms with Gasteiger partial charge >= 0.3 is 0 Å². The Labute approximate surface area is 101 Å². The first-order chi connectivity index (χ1) is 7.68. The van der Waals surface area contributed by atoms with E-state index in [9.17, 15) is 4.79 Å². The Bertz CT molecular complexity index is 405. The fraction of sp³-hybridized carbons (Fsp3) is 0.333. The van der Waals surface area contributed by atoms with E-state index >= 15 is 0 Å². The summed E-state index contributed by atoms with van der Waals surface area (Å²) in [5.41, 5.74) is 1.22. The lowest BCUT2D eigenvalue weighted by Crippen LogP contribution is -2.49. The van der Waals surface area contributed by atoms with Crippen molar-refractivity contribution in [3.63, 3.8) is 0 Å². The Morgan fingerprint density at radius 2 is 2.00 bits per heavy atom. The second kappa shape index (κ2) is 4.61. The van der Waals surface area contributed by atoms with Gasteiger partial charge in [0.05, 0.1) is 0 Å². The molecule has 1 aromatic rings. The number of carbonyl (C=O) groups is 1. The quantitative estimate of drug-likeness (QED) is 0.727. The molecule has 1 heterocycles. The van der Waals surface area contributed by atoms with Crippen LogP contribution in [0.1, 0.15) is 12.0 Å². The molecule has 16 heavy (non-hydrogen) atoms. The van der Waals surface area contributed by atoms with E-state index in [2.05, 4.69) is 17.0 Å². The smallest absolute Gasteiger partial charge is 0.230 e. The maximum Gasteiger partial charge on any atom is 0.230 e. The van der Waals surface area contributed by atoms with Gasteiger partial charge in [0, 0.05) is 26.6 Å². The highest BCUT2D eigenvalue weighted by atomic mass is 32.1. The molecular weight excluding hydrogens is 220 g/mol. The number of carbonyl (C=O) groups excluding carboxylic acids is 1. The molecule has 0 bridgehead atoms. The van der Waals surface area contributed by atoms with Gasteiger partial charge in [0.25, 0.3) is 0 Å². The van der Waals surface area contributed by atoms with Crippen molar-refractivity contribution in [2.75, 3.05) is 13.6 Å². The van der Waals surface area contributed by atoms with Crippen molar-refractivity contribution in [3.05, 3.63) is 35.9 Å². The predicted octanol–water partition coefficient (Wildman–Crippen LogP) is 1.64. The lowest BCUT2D eigenvalue weighted by Gasteiger charge is -2.34. The molecule has 0 N–H and O–H groups in total. The van der Waals surface area contributed by atoms with E-state index in [1.807, 2.05) is 18.2 Å². The summed E-state index contributed by atoms with van der Waals surface area (Å²) < 4.78 is 0.